The Bertz CT molecular complexity index is 921. The minimum atomic E-state index is -0.307. The molecular formula is C20H17FN2O3. The maximum Gasteiger partial charge on any atom is 0.253 e. The second-order valence-electron chi connectivity index (χ2n) is 6.11. The van der Waals surface area contributed by atoms with Crippen LogP contribution in [0.4, 0.5) is 10.1 Å². The first-order valence-corrected chi connectivity index (χ1v) is 8.38. The van der Waals surface area contributed by atoms with Gasteiger partial charge in [-0.1, -0.05) is 23.4 Å². The number of fused-ring (bicyclic) bond motifs is 1. The van der Waals surface area contributed by atoms with Crippen LogP contribution in [0, 0.1) is 5.82 Å². The molecule has 132 valence electrons. The van der Waals surface area contributed by atoms with Crippen LogP contribution in [0.5, 0.6) is 0 Å². The van der Waals surface area contributed by atoms with E-state index in [0.29, 0.717) is 18.0 Å². The predicted octanol–water partition coefficient (Wildman–Crippen LogP) is 3.59. The normalized spacial score (nSPS) is 13.0. The lowest BCUT2D eigenvalue weighted by atomic mass is 10.1. The zero-order valence-corrected chi connectivity index (χ0v) is 14.0. The molecule has 0 aliphatic carbocycles. The molecule has 5 nitrogen and oxygen atoms in total. The minimum Gasteiger partial charge on any atom is -0.365 e. The molecule has 26 heavy (non-hydrogen) atoms. The van der Waals surface area contributed by atoms with Gasteiger partial charge in [0.15, 0.2) is 5.76 Å². The molecule has 0 fully saturated rings. The zero-order chi connectivity index (χ0) is 17.9. The number of para-hydroxylation sites is 1. The molecule has 0 atom stereocenters. The first-order valence-electron chi connectivity index (χ1n) is 8.38. The molecule has 0 bridgehead atoms. The highest BCUT2D eigenvalue weighted by atomic mass is 19.1. The highest BCUT2D eigenvalue weighted by Gasteiger charge is 2.24. The van der Waals surface area contributed by atoms with Gasteiger partial charge in [0.05, 0.1) is 6.61 Å². The van der Waals surface area contributed by atoms with E-state index in [9.17, 15) is 9.18 Å². The standard InChI is InChI=1S/C20H17FN2O3/c21-16-7-5-15(6-8-16)19-11-17(22-26-19)12-25-13-20(24)23-10-9-14-3-1-2-4-18(14)23/h1-8,11H,9-10,12-13H2. The lowest BCUT2D eigenvalue weighted by Crippen LogP contribution is -2.32. The van der Waals surface area contributed by atoms with Crippen molar-refractivity contribution in [2.75, 3.05) is 18.1 Å². The van der Waals surface area contributed by atoms with Crippen LogP contribution < -0.4 is 4.90 Å². The molecule has 1 aliphatic heterocycles. The first kappa shape index (κ1) is 16.5. The smallest absolute Gasteiger partial charge is 0.253 e. The monoisotopic (exact) mass is 352 g/mol. The zero-order valence-electron chi connectivity index (χ0n) is 14.0. The van der Waals surface area contributed by atoms with Crippen LogP contribution in [-0.2, 0) is 22.6 Å². The number of rotatable bonds is 5. The van der Waals surface area contributed by atoms with Crippen LogP contribution in [0.25, 0.3) is 11.3 Å². The van der Waals surface area contributed by atoms with E-state index in [4.69, 9.17) is 9.26 Å². The maximum atomic E-state index is 13.0. The summed E-state index contributed by atoms with van der Waals surface area (Å²) in [5.74, 6) is 0.152. The third-order valence-electron chi connectivity index (χ3n) is 4.35. The lowest BCUT2D eigenvalue weighted by molar-refractivity contribution is -0.123. The van der Waals surface area contributed by atoms with Gasteiger partial charge in [-0.3, -0.25) is 4.79 Å². The molecule has 3 aromatic rings. The quantitative estimate of drug-likeness (QED) is 0.704. The number of ether oxygens (including phenoxy) is 1. The van der Waals surface area contributed by atoms with Crippen molar-refractivity contribution in [3.05, 3.63) is 71.7 Å². The Morgan fingerprint density at radius 1 is 1.19 bits per heavy atom. The number of halogens is 1. The van der Waals surface area contributed by atoms with Gasteiger partial charge in [0.25, 0.3) is 5.91 Å². The number of aromatic nitrogens is 1. The molecule has 0 spiro atoms. The van der Waals surface area contributed by atoms with Crippen LogP contribution in [0.3, 0.4) is 0 Å². The molecule has 0 saturated carbocycles. The van der Waals surface area contributed by atoms with Gasteiger partial charge in [-0.2, -0.15) is 0 Å². The molecule has 0 N–H and O–H groups in total. The van der Waals surface area contributed by atoms with Crippen LogP contribution in [0.1, 0.15) is 11.3 Å². The van der Waals surface area contributed by atoms with Crippen LogP contribution in [0.2, 0.25) is 0 Å². The van der Waals surface area contributed by atoms with Gasteiger partial charge in [0.1, 0.15) is 18.1 Å². The third-order valence-corrected chi connectivity index (χ3v) is 4.35. The molecule has 0 saturated heterocycles. The Morgan fingerprint density at radius 3 is 2.85 bits per heavy atom. The summed E-state index contributed by atoms with van der Waals surface area (Å²) < 4.78 is 23.7. The molecule has 1 amide bonds. The summed E-state index contributed by atoms with van der Waals surface area (Å²) in [6.07, 6.45) is 0.867. The summed E-state index contributed by atoms with van der Waals surface area (Å²) >= 11 is 0. The highest BCUT2D eigenvalue weighted by Crippen LogP contribution is 2.27. The van der Waals surface area contributed by atoms with Gasteiger partial charge in [-0.05, 0) is 42.3 Å². The predicted molar refractivity (Wildman–Crippen MR) is 94.1 cm³/mol. The van der Waals surface area contributed by atoms with Crippen molar-refractivity contribution < 1.29 is 18.4 Å². The van der Waals surface area contributed by atoms with Crippen molar-refractivity contribution >= 4 is 11.6 Å². The van der Waals surface area contributed by atoms with Gasteiger partial charge in [0, 0.05) is 23.9 Å². The van der Waals surface area contributed by atoms with Crippen molar-refractivity contribution in [1.82, 2.24) is 5.16 Å². The number of amides is 1. The van der Waals surface area contributed by atoms with E-state index in [2.05, 4.69) is 5.16 Å². The van der Waals surface area contributed by atoms with Gasteiger partial charge >= 0.3 is 0 Å². The fourth-order valence-electron chi connectivity index (χ4n) is 3.05. The first-order chi connectivity index (χ1) is 12.7. The minimum absolute atomic E-state index is 0.0208. The second kappa shape index (κ2) is 7.09. The van der Waals surface area contributed by atoms with Crippen LogP contribution in [0.15, 0.2) is 59.1 Å². The van der Waals surface area contributed by atoms with Gasteiger partial charge in [0.2, 0.25) is 0 Å². The summed E-state index contributed by atoms with van der Waals surface area (Å²) in [4.78, 5) is 14.1. The summed E-state index contributed by atoms with van der Waals surface area (Å²) in [5, 5.41) is 3.93. The number of hydrogen-bond acceptors (Lipinski definition) is 4. The number of hydrogen-bond donors (Lipinski definition) is 0. The number of nitrogens with zero attached hydrogens (tertiary/aromatic N) is 2. The van der Waals surface area contributed by atoms with E-state index in [1.54, 1.807) is 23.1 Å². The summed E-state index contributed by atoms with van der Waals surface area (Å²) in [6, 6.07) is 15.6. The molecule has 1 aromatic heterocycles. The van der Waals surface area contributed by atoms with Crippen LogP contribution >= 0.6 is 0 Å². The molecule has 0 unspecified atom stereocenters. The topological polar surface area (TPSA) is 55.6 Å². The molecule has 4 rings (SSSR count). The number of anilines is 1. The fraction of sp³-hybridized carbons (Fsp3) is 0.200. The van der Waals surface area contributed by atoms with E-state index in [-0.39, 0.29) is 24.9 Å². The van der Waals surface area contributed by atoms with Crippen LogP contribution in [-0.4, -0.2) is 24.2 Å². The summed E-state index contributed by atoms with van der Waals surface area (Å²) in [7, 11) is 0. The summed E-state index contributed by atoms with van der Waals surface area (Å²) in [6.45, 7) is 0.833. The van der Waals surface area contributed by atoms with Crippen molar-refractivity contribution in [3.8, 4) is 11.3 Å². The molecule has 2 heterocycles. The van der Waals surface area contributed by atoms with E-state index in [1.807, 2.05) is 24.3 Å². The molecule has 0 radical (unpaired) electrons. The Kier molecular flexibility index (Phi) is 4.50. The Hall–Kier alpha value is -2.99. The highest BCUT2D eigenvalue weighted by molar-refractivity contribution is 5.96. The second-order valence-corrected chi connectivity index (χ2v) is 6.11. The molecule has 6 heteroatoms. The molecule has 1 aliphatic rings. The average Bonchev–Trinajstić information content (AvgIpc) is 3.29. The van der Waals surface area contributed by atoms with Gasteiger partial charge in [-0.15, -0.1) is 0 Å². The summed E-state index contributed by atoms with van der Waals surface area (Å²) in [5.41, 5.74) is 3.45. The Labute approximate surface area is 150 Å². The Morgan fingerprint density at radius 2 is 2.00 bits per heavy atom. The molecule has 2 aromatic carbocycles. The number of carbonyl (C=O) groups is 1. The van der Waals surface area contributed by atoms with Gasteiger partial charge in [-0.25, -0.2) is 4.39 Å². The van der Waals surface area contributed by atoms with E-state index in [1.165, 1.54) is 17.7 Å². The fourth-order valence-corrected chi connectivity index (χ4v) is 3.05. The van der Waals surface area contributed by atoms with E-state index >= 15 is 0 Å². The Balaban J connectivity index is 1.33. The lowest BCUT2D eigenvalue weighted by Gasteiger charge is -2.16. The van der Waals surface area contributed by atoms with Crippen molar-refractivity contribution in [2.45, 2.75) is 13.0 Å². The maximum absolute atomic E-state index is 13.0. The van der Waals surface area contributed by atoms with Crippen molar-refractivity contribution in [2.24, 2.45) is 0 Å². The van der Waals surface area contributed by atoms with E-state index in [0.717, 1.165) is 17.7 Å². The van der Waals surface area contributed by atoms with E-state index < -0.39 is 0 Å². The largest absolute Gasteiger partial charge is 0.365 e. The van der Waals surface area contributed by atoms with Crippen molar-refractivity contribution in [3.63, 3.8) is 0 Å². The average molecular weight is 352 g/mol. The van der Waals surface area contributed by atoms with Crippen molar-refractivity contribution in [1.29, 1.82) is 0 Å². The molecular weight excluding hydrogens is 335 g/mol. The third kappa shape index (κ3) is 3.36. The SMILES string of the molecule is O=C(COCc1cc(-c2ccc(F)cc2)on1)N1CCc2ccccc21. The van der Waals surface area contributed by atoms with Gasteiger partial charge < -0.3 is 14.2 Å². The number of carbonyl (C=O) groups excluding carboxylic acids is 1. The number of benzene rings is 2.